The minimum absolute atomic E-state index is 0.0959. The van der Waals surface area contributed by atoms with Gasteiger partial charge in [-0.25, -0.2) is 4.39 Å². The topological polar surface area (TPSA) is 55.1 Å². The third-order valence-corrected chi connectivity index (χ3v) is 3.13. The number of benzene rings is 2. The standard InChI is InChI=1S/C14H10ClFN2OS/c15-11-7-9(3-6-12(11)16)14(19)18-10-4-1-8(2-5-10)13(17)20/h1-7H,(H2,17,20)(H,18,19). The molecule has 1 amide bonds. The van der Waals surface area contributed by atoms with Gasteiger partial charge in [-0.05, 0) is 42.5 Å². The van der Waals surface area contributed by atoms with E-state index in [0.717, 1.165) is 6.07 Å². The van der Waals surface area contributed by atoms with Gasteiger partial charge in [-0.2, -0.15) is 0 Å². The highest BCUT2D eigenvalue weighted by molar-refractivity contribution is 7.80. The number of hydrogen-bond donors (Lipinski definition) is 2. The van der Waals surface area contributed by atoms with Crippen molar-refractivity contribution in [2.24, 2.45) is 5.73 Å². The summed E-state index contributed by atoms with van der Waals surface area (Å²) in [6.07, 6.45) is 0. The van der Waals surface area contributed by atoms with Crippen molar-refractivity contribution < 1.29 is 9.18 Å². The molecular formula is C14H10ClFN2OS. The fourth-order valence-corrected chi connectivity index (χ4v) is 1.88. The Kier molecular flexibility index (Phi) is 4.32. The van der Waals surface area contributed by atoms with Crippen molar-refractivity contribution in [2.45, 2.75) is 0 Å². The van der Waals surface area contributed by atoms with Crippen LogP contribution in [0.3, 0.4) is 0 Å². The molecule has 2 aromatic carbocycles. The predicted octanol–water partition coefficient (Wildman–Crippen LogP) is 3.37. The van der Waals surface area contributed by atoms with Gasteiger partial charge in [-0.3, -0.25) is 4.79 Å². The summed E-state index contributed by atoms with van der Waals surface area (Å²) in [7, 11) is 0. The Bertz CT molecular complexity index is 673. The maximum absolute atomic E-state index is 13.0. The van der Waals surface area contributed by atoms with E-state index in [1.807, 2.05) is 0 Å². The first-order valence-electron chi connectivity index (χ1n) is 5.63. The number of rotatable bonds is 3. The molecule has 3 N–H and O–H groups in total. The SMILES string of the molecule is NC(=S)c1ccc(NC(=O)c2ccc(F)c(Cl)c2)cc1. The summed E-state index contributed by atoms with van der Waals surface area (Å²) < 4.78 is 13.0. The van der Waals surface area contributed by atoms with Crippen molar-refractivity contribution in [1.29, 1.82) is 0 Å². The van der Waals surface area contributed by atoms with E-state index >= 15 is 0 Å². The minimum atomic E-state index is -0.566. The molecule has 0 unspecified atom stereocenters. The number of carbonyl (C=O) groups excluding carboxylic acids is 1. The molecule has 2 aromatic rings. The summed E-state index contributed by atoms with van der Waals surface area (Å²) in [6.45, 7) is 0. The quantitative estimate of drug-likeness (QED) is 0.855. The Hall–Kier alpha value is -1.98. The summed E-state index contributed by atoms with van der Waals surface area (Å²) in [5.74, 6) is -0.945. The van der Waals surface area contributed by atoms with E-state index in [-0.39, 0.29) is 21.5 Å². The molecule has 0 saturated carbocycles. The summed E-state index contributed by atoms with van der Waals surface area (Å²) in [5.41, 5.74) is 7.04. The molecule has 0 aliphatic rings. The normalized spacial score (nSPS) is 10.1. The second kappa shape index (κ2) is 5.98. The second-order valence-electron chi connectivity index (χ2n) is 4.02. The van der Waals surface area contributed by atoms with Gasteiger partial charge in [0.05, 0.1) is 5.02 Å². The smallest absolute Gasteiger partial charge is 0.255 e. The second-order valence-corrected chi connectivity index (χ2v) is 4.87. The highest BCUT2D eigenvalue weighted by atomic mass is 35.5. The van der Waals surface area contributed by atoms with Crippen molar-refractivity contribution in [3.8, 4) is 0 Å². The van der Waals surface area contributed by atoms with Gasteiger partial charge in [0.15, 0.2) is 0 Å². The van der Waals surface area contributed by atoms with E-state index in [0.29, 0.717) is 11.3 Å². The summed E-state index contributed by atoms with van der Waals surface area (Å²) in [4.78, 5) is 12.2. The lowest BCUT2D eigenvalue weighted by Crippen LogP contribution is -2.13. The lowest BCUT2D eigenvalue weighted by molar-refractivity contribution is 0.102. The van der Waals surface area contributed by atoms with Gasteiger partial charge in [0.1, 0.15) is 10.8 Å². The fraction of sp³-hybridized carbons (Fsp3) is 0. The van der Waals surface area contributed by atoms with Gasteiger partial charge in [-0.15, -0.1) is 0 Å². The highest BCUT2D eigenvalue weighted by Gasteiger charge is 2.09. The van der Waals surface area contributed by atoms with Crippen molar-refractivity contribution in [1.82, 2.24) is 0 Å². The van der Waals surface area contributed by atoms with Gasteiger partial charge in [-0.1, -0.05) is 23.8 Å². The van der Waals surface area contributed by atoms with Gasteiger partial charge < -0.3 is 11.1 Å². The van der Waals surface area contributed by atoms with Crippen molar-refractivity contribution in [2.75, 3.05) is 5.32 Å². The molecular weight excluding hydrogens is 299 g/mol. The molecule has 0 fully saturated rings. The third kappa shape index (κ3) is 3.31. The number of thiocarbonyl (C=S) groups is 1. The molecule has 2 rings (SSSR count). The van der Waals surface area contributed by atoms with Crippen LogP contribution in [0, 0.1) is 5.82 Å². The van der Waals surface area contributed by atoms with E-state index in [2.05, 4.69) is 5.32 Å². The lowest BCUT2D eigenvalue weighted by atomic mass is 10.2. The molecule has 0 aromatic heterocycles. The van der Waals surface area contributed by atoms with E-state index in [1.54, 1.807) is 24.3 Å². The van der Waals surface area contributed by atoms with E-state index in [4.69, 9.17) is 29.6 Å². The van der Waals surface area contributed by atoms with Crippen LogP contribution >= 0.6 is 23.8 Å². The first-order chi connectivity index (χ1) is 9.47. The third-order valence-electron chi connectivity index (χ3n) is 2.61. The molecule has 0 spiro atoms. The zero-order valence-corrected chi connectivity index (χ0v) is 11.8. The van der Waals surface area contributed by atoms with Crippen molar-refractivity contribution >= 4 is 40.4 Å². The fourth-order valence-electron chi connectivity index (χ4n) is 1.56. The van der Waals surface area contributed by atoms with Crippen LogP contribution < -0.4 is 11.1 Å². The molecule has 0 heterocycles. The molecule has 0 aliphatic carbocycles. The summed E-state index contributed by atoms with van der Waals surface area (Å²) in [5, 5.41) is 2.57. The first kappa shape index (κ1) is 14.4. The minimum Gasteiger partial charge on any atom is -0.389 e. The molecule has 0 bridgehead atoms. The summed E-state index contributed by atoms with van der Waals surface area (Å²) >= 11 is 10.5. The lowest BCUT2D eigenvalue weighted by Gasteiger charge is -2.06. The van der Waals surface area contributed by atoms with Crippen LogP contribution in [0.2, 0.25) is 5.02 Å². The average Bonchev–Trinajstić information content (AvgIpc) is 2.42. The Morgan fingerprint density at radius 2 is 1.75 bits per heavy atom. The van der Waals surface area contributed by atoms with E-state index in [1.165, 1.54) is 12.1 Å². The predicted molar refractivity (Wildman–Crippen MR) is 81.7 cm³/mol. The Morgan fingerprint density at radius 1 is 1.15 bits per heavy atom. The van der Waals surface area contributed by atoms with Gasteiger partial charge in [0, 0.05) is 16.8 Å². The zero-order valence-electron chi connectivity index (χ0n) is 10.2. The van der Waals surface area contributed by atoms with Crippen molar-refractivity contribution in [3.05, 3.63) is 64.4 Å². The number of anilines is 1. The van der Waals surface area contributed by atoms with Crippen LogP contribution in [-0.2, 0) is 0 Å². The largest absolute Gasteiger partial charge is 0.389 e. The number of halogens is 2. The number of nitrogens with two attached hydrogens (primary N) is 1. The van der Waals surface area contributed by atoms with Crippen molar-refractivity contribution in [3.63, 3.8) is 0 Å². The van der Waals surface area contributed by atoms with E-state index in [9.17, 15) is 9.18 Å². The molecule has 0 atom stereocenters. The number of carbonyl (C=O) groups is 1. The van der Waals surface area contributed by atoms with Crippen LogP contribution in [0.5, 0.6) is 0 Å². The van der Waals surface area contributed by atoms with Crippen LogP contribution in [0.25, 0.3) is 0 Å². The molecule has 0 radical (unpaired) electrons. The van der Waals surface area contributed by atoms with Gasteiger partial charge >= 0.3 is 0 Å². The Labute approximate surface area is 125 Å². The van der Waals surface area contributed by atoms with Crippen LogP contribution in [0.15, 0.2) is 42.5 Å². The number of nitrogens with one attached hydrogen (secondary N) is 1. The number of amides is 1. The zero-order chi connectivity index (χ0) is 14.7. The summed E-state index contributed by atoms with van der Waals surface area (Å²) in [6, 6.07) is 10.5. The van der Waals surface area contributed by atoms with E-state index < -0.39 is 5.82 Å². The molecule has 102 valence electrons. The molecule has 6 heteroatoms. The Morgan fingerprint density at radius 3 is 2.30 bits per heavy atom. The van der Waals surface area contributed by atoms with Crippen LogP contribution in [-0.4, -0.2) is 10.9 Å². The molecule has 0 saturated heterocycles. The average molecular weight is 309 g/mol. The van der Waals surface area contributed by atoms with Gasteiger partial charge in [0.2, 0.25) is 0 Å². The highest BCUT2D eigenvalue weighted by Crippen LogP contribution is 2.17. The van der Waals surface area contributed by atoms with Crippen LogP contribution in [0.4, 0.5) is 10.1 Å². The Balaban J connectivity index is 2.14. The number of hydrogen-bond acceptors (Lipinski definition) is 2. The maximum atomic E-state index is 13.0. The maximum Gasteiger partial charge on any atom is 0.255 e. The monoisotopic (exact) mass is 308 g/mol. The molecule has 0 aliphatic heterocycles. The molecule has 20 heavy (non-hydrogen) atoms. The first-order valence-corrected chi connectivity index (χ1v) is 6.42. The van der Waals surface area contributed by atoms with Crippen LogP contribution in [0.1, 0.15) is 15.9 Å². The van der Waals surface area contributed by atoms with Gasteiger partial charge in [0.25, 0.3) is 5.91 Å². The molecule has 3 nitrogen and oxygen atoms in total.